The number of hydrogen-bond donors (Lipinski definition) is 3. The number of halogens is 1. The number of carbonyl (C=O) groups excluding carboxylic acids is 1. The minimum Gasteiger partial charge on any atom is -0.497 e. The number of amidine groups is 1. The normalized spacial score (nSPS) is 11.6. The van der Waals surface area contributed by atoms with Crippen LogP contribution in [-0.2, 0) is 11.2 Å². The molecule has 0 fully saturated rings. The van der Waals surface area contributed by atoms with Crippen LogP contribution in [0.5, 0.6) is 11.5 Å². The number of nitrogen functional groups attached to an aromatic ring is 1. The zero-order valence-corrected chi connectivity index (χ0v) is 21.5. The van der Waals surface area contributed by atoms with E-state index in [0.717, 1.165) is 10.2 Å². The molecule has 0 aliphatic heterocycles. The lowest BCUT2D eigenvalue weighted by Gasteiger charge is -2.19. The van der Waals surface area contributed by atoms with Crippen LogP contribution in [0.1, 0.15) is 28.4 Å². The summed E-state index contributed by atoms with van der Waals surface area (Å²) in [5.74, 6) is -1.72. The summed E-state index contributed by atoms with van der Waals surface area (Å²) >= 11 is 0. The fraction of sp³-hybridized carbons (Fsp3) is 0.231. The monoisotopic (exact) mass is 534 g/mol. The number of ether oxygens (including phenoxy) is 2. The quantitative estimate of drug-likeness (QED) is 0.204. The number of nitrogens with two attached hydrogens (primary N) is 1. The maximum atomic E-state index is 16.0. The Morgan fingerprint density at radius 1 is 1.21 bits per heavy atom. The first-order chi connectivity index (χ1) is 18.7. The summed E-state index contributed by atoms with van der Waals surface area (Å²) in [5, 5.41) is 12.0. The molecular weight excluding hydrogens is 507 g/mol. The zero-order valence-electron chi connectivity index (χ0n) is 21.5. The van der Waals surface area contributed by atoms with Gasteiger partial charge in [0.05, 0.1) is 13.0 Å². The number of benzene rings is 2. The van der Waals surface area contributed by atoms with Gasteiger partial charge < -0.3 is 20.1 Å². The molecule has 4 N–H and O–H groups in total. The zero-order chi connectivity index (χ0) is 28.1. The van der Waals surface area contributed by atoms with Gasteiger partial charge in [-0.05, 0) is 24.1 Å². The van der Waals surface area contributed by atoms with Crippen molar-refractivity contribution in [2.24, 2.45) is 5.73 Å². The van der Waals surface area contributed by atoms with E-state index in [9.17, 15) is 9.59 Å². The third-order valence-corrected chi connectivity index (χ3v) is 5.91. The number of aromatic amines is 1. The predicted octanol–water partition coefficient (Wildman–Crippen LogP) is 1.62. The Bertz CT molecular complexity index is 1530. The summed E-state index contributed by atoms with van der Waals surface area (Å²) in [5.41, 5.74) is 6.37. The topological polar surface area (TPSA) is 165 Å². The van der Waals surface area contributed by atoms with Crippen LogP contribution < -0.4 is 20.9 Å². The predicted molar refractivity (Wildman–Crippen MR) is 140 cm³/mol. The Morgan fingerprint density at radius 2 is 1.90 bits per heavy atom. The molecule has 1 atom stereocenters. The number of likely N-dealkylation sites (N-methyl/N-ethyl adjacent to an activating group) is 1. The molecule has 39 heavy (non-hydrogen) atoms. The van der Waals surface area contributed by atoms with Gasteiger partial charge in [0, 0.05) is 43.7 Å². The fourth-order valence-corrected chi connectivity index (χ4v) is 3.78. The number of aromatic nitrogens is 5. The van der Waals surface area contributed by atoms with E-state index in [4.69, 9.17) is 20.6 Å². The van der Waals surface area contributed by atoms with Gasteiger partial charge in [-0.2, -0.15) is 0 Å². The first kappa shape index (κ1) is 27.0. The molecule has 2 aromatic heterocycles. The summed E-state index contributed by atoms with van der Waals surface area (Å²) in [6, 6.07) is 11.3. The van der Waals surface area contributed by atoms with Crippen molar-refractivity contribution in [3.63, 3.8) is 0 Å². The van der Waals surface area contributed by atoms with Crippen molar-refractivity contribution in [3.8, 4) is 17.4 Å². The summed E-state index contributed by atoms with van der Waals surface area (Å²) < 4.78 is 27.9. The lowest BCUT2D eigenvalue weighted by molar-refractivity contribution is -0.130. The number of methoxy groups -OCH3 is 1. The van der Waals surface area contributed by atoms with Crippen LogP contribution in [0.4, 0.5) is 4.39 Å². The summed E-state index contributed by atoms with van der Waals surface area (Å²) in [7, 11) is 4.55. The van der Waals surface area contributed by atoms with Crippen molar-refractivity contribution < 1.29 is 18.7 Å². The van der Waals surface area contributed by atoms with Crippen LogP contribution in [0.15, 0.2) is 59.7 Å². The van der Waals surface area contributed by atoms with E-state index in [0.29, 0.717) is 5.56 Å². The van der Waals surface area contributed by atoms with Crippen LogP contribution in [0.3, 0.4) is 0 Å². The average molecular weight is 535 g/mol. The maximum absolute atomic E-state index is 16.0. The third-order valence-electron chi connectivity index (χ3n) is 5.91. The van der Waals surface area contributed by atoms with Gasteiger partial charge in [0.15, 0.2) is 18.2 Å². The van der Waals surface area contributed by atoms with E-state index >= 15 is 4.39 Å². The molecule has 1 unspecified atom stereocenters. The van der Waals surface area contributed by atoms with E-state index in [1.165, 1.54) is 36.5 Å². The highest BCUT2D eigenvalue weighted by Crippen LogP contribution is 2.36. The molecule has 0 radical (unpaired) electrons. The molecule has 2 aromatic carbocycles. The lowest BCUT2D eigenvalue weighted by Crippen LogP contribution is -2.27. The lowest BCUT2D eigenvalue weighted by atomic mass is 9.90. The number of H-pyrrole nitrogens is 1. The van der Waals surface area contributed by atoms with Crippen LogP contribution in [0.2, 0.25) is 0 Å². The molecule has 0 saturated carbocycles. The van der Waals surface area contributed by atoms with Gasteiger partial charge in [0.1, 0.15) is 17.4 Å². The van der Waals surface area contributed by atoms with Gasteiger partial charge in [0.25, 0.3) is 11.9 Å². The van der Waals surface area contributed by atoms with Gasteiger partial charge in [-0.3, -0.25) is 15.2 Å². The van der Waals surface area contributed by atoms with Crippen molar-refractivity contribution in [1.82, 2.24) is 29.6 Å². The molecule has 2 heterocycles. The highest BCUT2D eigenvalue weighted by molar-refractivity contribution is 5.94. The second-order valence-corrected chi connectivity index (χ2v) is 8.75. The number of amides is 1. The highest BCUT2D eigenvalue weighted by Gasteiger charge is 2.27. The smallest absolute Gasteiger partial charge is 0.350 e. The minimum absolute atomic E-state index is 0.0481. The number of carbonyl (C=O) groups is 1. The Morgan fingerprint density at radius 3 is 2.51 bits per heavy atom. The van der Waals surface area contributed by atoms with Gasteiger partial charge in [-0.1, -0.05) is 24.3 Å². The van der Waals surface area contributed by atoms with Crippen LogP contribution in [0, 0.1) is 11.2 Å². The standard InChI is InChI=1S/C26H27FN8O4/c1-34(2)21(36)14-39-20-13-17(38-3)12-18(22(20)27)19(11-15-5-7-16(8-6-15)23(28)29)24-32-26(37)35(33-24)25-30-9-4-10-31-25/h4-10,12-13,19H,11,14H2,1-3H3,(H3,28,29)(H,32,33,37). The van der Waals surface area contributed by atoms with Gasteiger partial charge >= 0.3 is 5.69 Å². The van der Waals surface area contributed by atoms with E-state index in [1.54, 1.807) is 44.4 Å². The van der Waals surface area contributed by atoms with Crippen molar-refractivity contribution >= 4 is 11.7 Å². The van der Waals surface area contributed by atoms with Crippen LogP contribution in [0.25, 0.3) is 5.95 Å². The second-order valence-electron chi connectivity index (χ2n) is 8.75. The summed E-state index contributed by atoms with van der Waals surface area (Å²) in [6.45, 7) is -0.384. The molecular formula is C26H27FN8O4. The first-order valence-corrected chi connectivity index (χ1v) is 11.8. The van der Waals surface area contributed by atoms with E-state index in [2.05, 4.69) is 20.1 Å². The molecule has 4 aromatic rings. The van der Waals surface area contributed by atoms with Gasteiger partial charge in [0.2, 0.25) is 0 Å². The van der Waals surface area contributed by atoms with Crippen LogP contribution >= 0.6 is 0 Å². The Balaban J connectivity index is 1.82. The van der Waals surface area contributed by atoms with Crippen molar-refractivity contribution in [1.29, 1.82) is 5.41 Å². The third kappa shape index (κ3) is 6.09. The molecule has 1 amide bonds. The van der Waals surface area contributed by atoms with E-state index in [-0.39, 0.29) is 53.6 Å². The number of rotatable bonds is 10. The molecule has 202 valence electrons. The molecule has 12 nitrogen and oxygen atoms in total. The molecule has 13 heteroatoms. The highest BCUT2D eigenvalue weighted by atomic mass is 19.1. The second kappa shape index (κ2) is 11.5. The first-order valence-electron chi connectivity index (χ1n) is 11.8. The fourth-order valence-electron chi connectivity index (χ4n) is 3.78. The van der Waals surface area contributed by atoms with Gasteiger partial charge in [-0.25, -0.2) is 19.2 Å². The SMILES string of the molecule is COc1cc(OCC(=O)N(C)C)c(F)c(C(Cc2ccc(C(=N)N)cc2)c2nn(-c3ncccn3)c(=O)[nH]2)c1. The molecule has 0 aliphatic carbocycles. The molecule has 0 spiro atoms. The Kier molecular flexibility index (Phi) is 7.98. The Labute approximate surface area is 222 Å². The van der Waals surface area contributed by atoms with Gasteiger partial charge in [-0.15, -0.1) is 9.78 Å². The summed E-state index contributed by atoms with van der Waals surface area (Å²) in [4.78, 5) is 37.0. The maximum Gasteiger partial charge on any atom is 0.350 e. The minimum atomic E-state index is -0.826. The summed E-state index contributed by atoms with van der Waals surface area (Å²) in [6.07, 6.45) is 3.13. The average Bonchev–Trinajstić information content (AvgIpc) is 3.32. The number of hydrogen-bond acceptors (Lipinski definition) is 8. The number of nitrogens with one attached hydrogen (secondary N) is 2. The molecule has 0 saturated heterocycles. The molecule has 0 bridgehead atoms. The van der Waals surface area contributed by atoms with E-state index < -0.39 is 17.4 Å². The Hall–Kier alpha value is -5.07. The largest absolute Gasteiger partial charge is 0.497 e. The van der Waals surface area contributed by atoms with Crippen molar-refractivity contribution in [2.75, 3.05) is 27.8 Å². The number of nitrogens with zero attached hydrogens (tertiary/aromatic N) is 5. The van der Waals surface area contributed by atoms with Crippen molar-refractivity contribution in [3.05, 3.63) is 93.7 Å². The molecule has 0 aliphatic rings. The van der Waals surface area contributed by atoms with Crippen LogP contribution in [-0.4, -0.2) is 69.2 Å². The van der Waals surface area contributed by atoms with Crippen molar-refractivity contribution in [2.45, 2.75) is 12.3 Å². The molecule has 4 rings (SSSR count). The van der Waals surface area contributed by atoms with E-state index in [1.807, 2.05) is 0 Å².